The van der Waals surface area contributed by atoms with Gasteiger partial charge in [0.1, 0.15) is 0 Å². The number of hydrogen-bond acceptors (Lipinski definition) is 3. The number of nitrogens with zero attached hydrogens (tertiary/aromatic N) is 2. The Labute approximate surface area is 149 Å². The fourth-order valence-electron chi connectivity index (χ4n) is 3.81. The lowest BCUT2D eigenvalue weighted by atomic mass is 10.0. The Morgan fingerprint density at radius 2 is 2.00 bits per heavy atom. The molecule has 0 saturated carbocycles. The highest BCUT2D eigenvalue weighted by molar-refractivity contribution is 5.79. The standard InChI is InChI=1S/C19H28N4O2/c1-20-13-17-7-4-11-23(17)18(24)8-10-21-19(25)22-12-9-15-5-2-3-6-16(15)14-22/h2-3,5-6,17,20H,4,7-14H2,1H3,(H,21,25). The van der Waals surface area contributed by atoms with Gasteiger partial charge in [-0.25, -0.2) is 4.79 Å². The largest absolute Gasteiger partial charge is 0.338 e. The summed E-state index contributed by atoms with van der Waals surface area (Å²) in [6.07, 6.45) is 3.39. The molecule has 6 heteroatoms. The Hall–Kier alpha value is -2.08. The molecule has 0 spiro atoms. The van der Waals surface area contributed by atoms with Crippen LogP contribution in [0, 0.1) is 0 Å². The van der Waals surface area contributed by atoms with Gasteiger partial charge in [0.15, 0.2) is 0 Å². The Balaban J connectivity index is 1.43. The summed E-state index contributed by atoms with van der Waals surface area (Å²) in [6, 6.07) is 8.48. The van der Waals surface area contributed by atoms with Crippen molar-refractivity contribution in [1.29, 1.82) is 0 Å². The summed E-state index contributed by atoms with van der Waals surface area (Å²) in [5.41, 5.74) is 2.54. The molecule has 6 nitrogen and oxygen atoms in total. The molecule has 0 bridgehead atoms. The molecule has 0 aromatic heterocycles. The molecule has 1 saturated heterocycles. The molecular weight excluding hydrogens is 316 g/mol. The first-order valence-electron chi connectivity index (χ1n) is 9.22. The van der Waals surface area contributed by atoms with Crippen LogP contribution < -0.4 is 10.6 Å². The van der Waals surface area contributed by atoms with Crippen molar-refractivity contribution in [3.05, 3.63) is 35.4 Å². The minimum absolute atomic E-state index is 0.0736. The second-order valence-corrected chi connectivity index (χ2v) is 6.86. The highest BCUT2D eigenvalue weighted by Gasteiger charge is 2.28. The van der Waals surface area contributed by atoms with Crippen LogP contribution in [0.5, 0.6) is 0 Å². The van der Waals surface area contributed by atoms with Crippen molar-refractivity contribution in [3.8, 4) is 0 Å². The minimum Gasteiger partial charge on any atom is -0.338 e. The van der Waals surface area contributed by atoms with Gasteiger partial charge in [-0.2, -0.15) is 0 Å². The average molecular weight is 344 g/mol. The minimum atomic E-state index is -0.0736. The van der Waals surface area contributed by atoms with E-state index in [4.69, 9.17) is 0 Å². The summed E-state index contributed by atoms with van der Waals surface area (Å²) in [5.74, 6) is 0.141. The molecule has 2 aliphatic heterocycles. The second kappa shape index (κ2) is 8.34. The number of likely N-dealkylation sites (tertiary alicyclic amines) is 1. The van der Waals surface area contributed by atoms with E-state index in [9.17, 15) is 9.59 Å². The van der Waals surface area contributed by atoms with E-state index in [1.165, 1.54) is 11.1 Å². The Morgan fingerprint density at radius 1 is 1.20 bits per heavy atom. The number of carbonyl (C=O) groups is 2. The van der Waals surface area contributed by atoms with Crippen LogP contribution in [0.3, 0.4) is 0 Å². The number of nitrogens with one attached hydrogen (secondary N) is 2. The summed E-state index contributed by atoms with van der Waals surface area (Å²) >= 11 is 0. The number of carbonyl (C=O) groups excluding carboxylic acids is 2. The summed E-state index contributed by atoms with van der Waals surface area (Å²) in [4.78, 5) is 28.5. The van der Waals surface area contributed by atoms with Crippen LogP contribution in [0.2, 0.25) is 0 Å². The van der Waals surface area contributed by atoms with Gasteiger partial charge in [-0.3, -0.25) is 4.79 Å². The van der Waals surface area contributed by atoms with E-state index in [0.717, 1.165) is 38.9 Å². The zero-order valence-corrected chi connectivity index (χ0v) is 15.0. The predicted octanol–water partition coefficient (Wildman–Crippen LogP) is 1.35. The van der Waals surface area contributed by atoms with Crippen LogP contribution in [0.4, 0.5) is 4.79 Å². The molecule has 2 heterocycles. The maximum Gasteiger partial charge on any atom is 0.317 e. The molecule has 3 amide bonds. The van der Waals surface area contributed by atoms with Crippen LogP contribution >= 0.6 is 0 Å². The number of benzene rings is 1. The summed E-state index contributed by atoms with van der Waals surface area (Å²) < 4.78 is 0. The second-order valence-electron chi connectivity index (χ2n) is 6.86. The van der Waals surface area contributed by atoms with E-state index in [2.05, 4.69) is 22.8 Å². The number of rotatable bonds is 5. The molecular formula is C19H28N4O2. The maximum absolute atomic E-state index is 12.4. The lowest BCUT2D eigenvalue weighted by molar-refractivity contribution is -0.131. The molecule has 2 aliphatic rings. The van der Waals surface area contributed by atoms with Crippen molar-refractivity contribution < 1.29 is 9.59 Å². The molecule has 3 rings (SSSR count). The van der Waals surface area contributed by atoms with Gasteiger partial charge >= 0.3 is 6.03 Å². The molecule has 1 atom stereocenters. The lowest BCUT2D eigenvalue weighted by Gasteiger charge is -2.29. The summed E-state index contributed by atoms with van der Waals surface area (Å²) in [6.45, 7) is 3.45. The Kier molecular flexibility index (Phi) is 5.91. The number of likely N-dealkylation sites (N-methyl/N-ethyl adjacent to an activating group) is 1. The van der Waals surface area contributed by atoms with E-state index in [0.29, 0.717) is 25.6 Å². The SMILES string of the molecule is CNCC1CCCN1C(=O)CCNC(=O)N1CCc2ccccc2C1. The van der Waals surface area contributed by atoms with Gasteiger partial charge in [0.25, 0.3) is 0 Å². The van der Waals surface area contributed by atoms with E-state index in [1.54, 1.807) is 0 Å². The van der Waals surface area contributed by atoms with Crippen molar-refractivity contribution in [1.82, 2.24) is 20.4 Å². The molecule has 2 N–H and O–H groups in total. The molecule has 1 aromatic rings. The first-order valence-corrected chi connectivity index (χ1v) is 9.22. The van der Waals surface area contributed by atoms with Crippen molar-refractivity contribution in [2.75, 3.05) is 33.2 Å². The number of urea groups is 1. The first kappa shape index (κ1) is 17.7. The third-order valence-electron chi connectivity index (χ3n) is 5.17. The maximum atomic E-state index is 12.4. The number of amides is 3. The van der Waals surface area contributed by atoms with Crippen molar-refractivity contribution in [3.63, 3.8) is 0 Å². The van der Waals surface area contributed by atoms with E-state index in [-0.39, 0.29) is 11.9 Å². The fourth-order valence-corrected chi connectivity index (χ4v) is 3.81. The molecule has 0 aliphatic carbocycles. The zero-order valence-electron chi connectivity index (χ0n) is 15.0. The fraction of sp³-hybridized carbons (Fsp3) is 0.579. The third-order valence-corrected chi connectivity index (χ3v) is 5.17. The Morgan fingerprint density at radius 3 is 2.80 bits per heavy atom. The van der Waals surface area contributed by atoms with E-state index in [1.807, 2.05) is 29.0 Å². The van der Waals surface area contributed by atoms with E-state index < -0.39 is 0 Å². The smallest absolute Gasteiger partial charge is 0.317 e. The van der Waals surface area contributed by atoms with Crippen molar-refractivity contribution in [2.45, 2.75) is 38.3 Å². The van der Waals surface area contributed by atoms with Gasteiger partial charge in [-0.1, -0.05) is 24.3 Å². The van der Waals surface area contributed by atoms with Crippen molar-refractivity contribution >= 4 is 11.9 Å². The zero-order chi connectivity index (χ0) is 17.6. The van der Waals surface area contributed by atoms with Crippen LogP contribution in [0.25, 0.3) is 0 Å². The highest BCUT2D eigenvalue weighted by atomic mass is 16.2. The summed E-state index contributed by atoms with van der Waals surface area (Å²) in [7, 11) is 1.91. The molecule has 1 unspecified atom stereocenters. The molecule has 1 fully saturated rings. The van der Waals surface area contributed by atoms with Crippen LogP contribution in [0.1, 0.15) is 30.4 Å². The van der Waals surface area contributed by atoms with Crippen LogP contribution in [-0.4, -0.2) is 61.0 Å². The number of fused-ring (bicyclic) bond motifs is 1. The first-order chi connectivity index (χ1) is 12.2. The summed E-state index contributed by atoms with van der Waals surface area (Å²) in [5, 5.41) is 6.06. The van der Waals surface area contributed by atoms with Crippen LogP contribution in [0.15, 0.2) is 24.3 Å². The van der Waals surface area contributed by atoms with Crippen molar-refractivity contribution in [2.24, 2.45) is 0 Å². The van der Waals surface area contributed by atoms with Gasteiger partial charge in [-0.05, 0) is 37.4 Å². The highest BCUT2D eigenvalue weighted by Crippen LogP contribution is 2.19. The lowest BCUT2D eigenvalue weighted by Crippen LogP contribution is -2.45. The monoisotopic (exact) mass is 344 g/mol. The normalized spacial score (nSPS) is 19.6. The van der Waals surface area contributed by atoms with Crippen LogP contribution in [-0.2, 0) is 17.8 Å². The quantitative estimate of drug-likeness (QED) is 0.848. The number of hydrogen-bond donors (Lipinski definition) is 2. The van der Waals surface area contributed by atoms with E-state index >= 15 is 0 Å². The third kappa shape index (κ3) is 4.31. The van der Waals surface area contributed by atoms with Gasteiger partial charge < -0.3 is 20.4 Å². The van der Waals surface area contributed by atoms with Gasteiger partial charge in [0.05, 0.1) is 0 Å². The van der Waals surface area contributed by atoms with Gasteiger partial charge in [-0.15, -0.1) is 0 Å². The van der Waals surface area contributed by atoms with Gasteiger partial charge in [0.2, 0.25) is 5.91 Å². The van der Waals surface area contributed by atoms with Gasteiger partial charge in [0, 0.05) is 45.2 Å². The topological polar surface area (TPSA) is 64.7 Å². The molecule has 1 aromatic carbocycles. The Bertz CT molecular complexity index is 619. The predicted molar refractivity (Wildman–Crippen MR) is 97.2 cm³/mol. The average Bonchev–Trinajstić information content (AvgIpc) is 3.10. The molecule has 136 valence electrons. The molecule has 0 radical (unpaired) electrons. The molecule has 25 heavy (non-hydrogen) atoms.